The number of fused-ring (bicyclic) bond motifs is 1. The third kappa shape index (κ3) is 7.36. The largest absolute Gasteiger partial charge is 0.491 e. The van der Waals surface area contributed by atoms with Gasteiger partial charge in [-0.05, 0) is 59.9 Å². The molecule has 4 heteroatoms. The number of hydrogen-bond acceptors (Lipinski definition) is 3. The number of ether oxygens (including phenoxy) is 2. The number of pyridine rings is 1. The van der Waals surface area contributed by atoms with Gasteiger partial charge in [-0.2, -0.15) is 0 Å². The summed E-state index contributed by atoms with van der Waals surface area (Å²) < 4.78 is 12.1. The van der Waals surface area contributed by atoms with Gasteiger partial charge in [0.25, 0.3) is 0 Å². The zero-order valence-electron chi connectivity index (χ0n) is 24.8. The van der Waals surface area contributed by atoms with Crippen molar-refractivity contribution in [3.63, 3.8) is 0 Å². The van der Waals surface area contributed by atoms with Crippen molar-refractivity contribution in [1.29, 1.82) is 0 Å². The summed E-state index contributed by atoms with van der Waals surface area (Å²) in [4.78, 5) is 4.70. The molecule has 5 rings (SSSR count). The summed E-state index contributed by atoms with van der Waals surface area (Å²) in [5, 5.41) is 1.05. The summed E-state index contributed by atoms with van der Waals surface area (Å²) in [7, 11) is -1.43. The van der Waals surface area contributed by atoms with Crippen LogP contribution in [0.15, 0.2) is 121 Å². The van der Waals surface area contributed by atoms with Gasteiger partial charge in [-0.1, -0.05) is 117 Å². The molecule has 0 radical (unpaired) electrons. The summed E-state index contributed by atoms with van der Waals surface area (Å²) in [5.41, 5.74) is 8.78. The SMILES string of the molecule is C[Si](C)(C)C#Cc1ccc2cc(OCCOCCCC(c3ccccc3)(c3ccccc3)c3ccccc3)ccc2n1. The molecule has 0 aliphatic rings. The van der Waals surface area contributed by atoms with Crippen LogP contribution in [-0.2, 0) is 10.2 Å². The number of benzene rings is 4. The molecule has 0 aliphatic heterocycles. The molecule has 0 unspecified atom stereocenters. The molecule has 1 heterocycles. The maximum atomic E-state index is 6.07. The van der Waals surface area contributed by atoms with Gasteiger partial charge < -0.3 is 9.47 Å². The molecule has 0 spiro atoms. The summed E-state index contributed by atoms with van der Waals surface area (Å²) in [6, 6.07) is 42.6. The fourth-order valence-corrected chi connectivity index (χ4v) is 5.88. The van der Waals surface area contributed by atoms with Crippen LogP contribution in [0.2, 0.25) is 19.6 Å². The Morgan fingerprint density at radius 2 is 1.26 bits per heavy atom. The Morgan fingerprint density at radius 1 is 0.667 bits per heavy atom. The average molecular weight is 570 g/mol. The number of rotatable bonds is 11. The highest BCUT2D eigenvalue weighted by Crippen LogP contribution is 2.43. The minimum absolute atomic E-state index is 0.247. The van der Waals surface area contributed by atoms with Crippen molar-refractivity contribution >= 4 is 19.0 Å². The normalized spacial score (nSPS) is 11.6. The summed E-state index contributed by atoms with van der Waals surface area (Å²) in [5.74, 6) is 4.06. The van der Waals surface area contributed by atoms with Crippen LogP contribution in [0.4, 0.5) is 0 Å². The quantitative estimate of drug-likeness (QED) is 0.0690. The summed E-state index contributed by atoms with van der Waals surface area (Å²) >= 11 is 0. The molecule has 0 saturated carbocycles. The molecular weight excluding hydrogens is 531 g/mol. The molecule has 0 atom stereocenters. The molecular formula is C38H39NO2Si. The third-order valence-corrected chi connectivity index (χ3v) is 8.24. The Hall–Kier alpha value is -4.17. The van der Waals surface area contributed by atoms with Crippen LogP contribution >= 0.6 is 0 Å². The van der Waals surface area contributed by atoms with Crippen LogP contribution in [0.1, 0.15) is 35.2 Å². The van der Waals surface area contributed by atoms with Crippen LogP contribution in [-0.4, -0.2) is 32.9 Å². The van der Waals surface area contributed by atoms with E-state index in [1.54, 1.807) is 0 Å². The summed E-state index contributed by atoms with van der Waals surface area (Å²) in [6.45, 7) is 8.42. The van der Waals surface area contributed by atoms with E-state index >= 15 is 0 Å². The van der Waals surface area contributed by atoms with E-state index in [0.29, 0.717) is 19.8 Å². The van der Waals surface area contributed by atoms with Crippen molar-refractivity contribution in [1.82, 2.24) is 4.98 Å². The smallest absolute Gasteiger partial charge is 0.129 e. The van der Waals surface area contributed by atoms with Gasteiger partial charge in [-0.25, -0.2) is 4.98 Å². The van der Waals surface area contributed by atoms with E-state index < -0.39 is 8.07 Å². The third-order valence-electron chi connectivity index (χ3n) is 7.36. The highest BCUT2D eigenvalue weighted by atomic mass is 28.3. The van der Waals surface area contributed by atoms with Gasteiger partial charge in [0.05, 0.1) is 12.1 Å². The van der Waals surface area contributed by atoms with Crippen molar-refractivity contribution in [3.8, 4) is 17.2 Å². The van der Waals surface area contributed by atoms with Gasteiger partial charge in [0.2, 0.25) is 0 Å². The molecule has 4 aromatic carbocycles. The Morgan fingerprint density at radius 3 is 1.83 bits per heavy atom. The van der Waals surface area contributed by atoms with Crippen molar-refractivity contribution in [2.45, 2.75) is 37.9 Å². The number of aromatic nitrogens is 1. The molecule has 0 saturated heterocycles. The molecule has 42 heavy (non-hydrogen) atoms. The second kappa shape index (κ2) is 13.7. The lowest BCUT2D eigenvalue weighted by atomic mass is 9.67. The maximum absolute atomic E-state index is 6.07. The van der Waals surface area contributed by atoms with Gasteiger partial charge in [0.1, 0.15) is 26.1 Å². The Bertz CT molecular complexity index is 1540. The lowest BCUT2D eigenvalue weighted by Gasteiger charge is -2.36. The van der Waals surface area contributed by atoms with E-state index in [4.69, 9.17) is 14.5 Å². The Labute approximate surface area is 251 Å². The lowest BCUT2D eigenvalue weighted by Crippen LogP contribution is -2.30. The van der Waals surface area contributed by atoms with E-state index in [-0.39, 0.29) is 5.41 Å². The predicted octanol–water partition coefficient (Wildman–Crippen LogP) is 8.67. The van der Waals surface area contributed by atoms with Crippen LogP contribution < -0.4 is 4.74 Å². The fraction of sp³-hybridized carbons (Fsp3) is 0.237. The number of hydrogen-bond donors (Lipinski definition) is 0. The zero-order chi connectivity index (χ0) is 29.3. The minimum Gasteiger partial charge on any atom is -0.491 e. The van der Waals surface area contributed by atoms with Crippen molar-refractivity contribution in [2.24, 2.45) is 0 Å². The first-order valence-electron chi connectivity index (χ1n) is 14.8. The van der Waals surface area contributed by atoms with Crippen LogP contribution in [0.5, 0.6) is 5.75 Å². The predicted molar refractivity (Wildman–Crippen MR) is 177 cm³/mol. The molecule has 212 valence electrons. The van der Waals surface area contributed by atoms with Crippen molar-refractivity contribution < 1.29 is 9.47 Å². The average Bonchev–Trinajstić information content (AvgIpc) is 3.02. The Balaban J connectivity index is 1.19. The fourth-order valence-electron chi connectivity index (χ4n) is 5.38. The van der Waals surface area contributed by atoms with Gasteiger partial charge in [0, 0.05) is 17.4 Å². The van der Waals surface area contributed by atoms with E-state index in [2.05, 4.69) is 128 Å². The van der Waals surface area contributed by atoms with E-state index in [1.807, 2.05) is 24.3 Å². The number of nitrogens with zero attached hydrogens (tertiary/aromatic N) is 1. The molecule has 3 nitrogen and oxygen atoms in total. The maximum Gasteiger partial charge on any atom is 0.129 e. The van der Waals surface area contributed by atoms with Gasteiger partial charge in [-0.3, -0.25) is 0 Å². The van der Waals surface area contributed by atoms with Gasteiger partial charge >= 0.3 is 0 Å². The van der Waals surface area contributed by atoms with Crippen LogP contribution in [0.25, 0.3) is 10.9 Å². The first-order valence-corrected chi connectivity index (χ1v) is 18.3. The highest BCUT2D eigenvalue weighted by molar-refractivity contribution is 6.83. The molecule has 0 fully saturated rings. The molecule has 0 N–H and O–H groups in total. The standard InChI is InChI=1S/C38H39NO2Si/c1-42(2,3)29-24-35-21-20-31-30-36(22-23-37(31)39-35)41-28-27-40-26-13-25-38(32-14-7-4-8-15-32,33-16-9-5-10-17-33)34-18-11-6-12-19-34/h4-12,14-23,30H,13,25-28H2,1-3H3. The van der Waals surface area contributed by atoms with E-state index in [9.17, 15) is 0 Å². The molecule has 0 amide bonds. The highest BCUT2D eigenvalue weighted by Gasteiger charge is 2.35. The molecule has 0 bridgehead atoms. The Kier molecular flexibility index (Phi) is 9.54. The monoisotopic (exact) mass is 569 g/mol. The summed E-state index contributed by atoms with van der Waals surface area (Å²) in [6.07, 6.45) is 1.86. The first kappa shape index (κ1) is 29.3. The van der Waals surface area contributed by atoms with Crippen LogP contribution in [0, 0.1) is 11.5 Å². The zero-order valence-corrected chi connectivity index (χ0v) is 25.8. The minimum atomic E-state index is -1.43. The molecule has 0 aliphatic carbocycles. The van der Waals surface area contributed by atoms with Gasteiger partial charge in [-0.15, -0.1) is 5.54 Å². The molecule has 1 aromatic heterocycles. The van der Waals surface area contributed by atoms with E-state index in [0.717, 1.165) is 35.2 Å². The lowest BCUT2D eigenvalue weighted by molar-refractivity contribution is 0.0956. The molecule has 5 aromatic rings. The second-order valence-corrected chi connectivity index (χ2v) is 16.4. The van der Waals surface area contributed by atoms with Gasteiger partial charge in [0.15, 0.2) is 0 Å². The van der Waals surface area contributed by atoms with E-state index in [1.165, 1.54) is 16.7 Å². The first-order chi connectivity index (χ1) is 20.4. The van der Waals surface area contributed by atoms with Crippen LogP contribution in [0.3, 0.4) is 0 Å². The van der Waals surface area contributed by atoms with Crippen molar-refractivity contribution in [2.75, 3.05) is 19.8 Å². The van der Waals surface area contributed by atoms with Crippen molar-refractivity contribution in [3.05, 3.63) is 144 Å². The second-order valence-electron chi connectivity index (χ2n) is 11.6. The topological polar surface area (TPSA) is 31.4 Å².